The lowest BCUT2D eigenvalue weighted by Crippen LogP contribution is -2.27. The van der Waals surface area contributed by atoms with Crippen LogP contribution in [0.5, 0.6) is 0 Å². The van der Waals surface area contributed by atoms with Crippen molar-refractivity contribution in [1.82, 2.24) is 10.3 Å². The third kappa shape index (κ3) is 3.71. The van der Waals surface area contributed by atoms with Crippen LogP contribution in [0.1, 0.15) is 50.2 Å². The van der Waals surface area contributed by atoms with Gasteiger partial charge in [0.2, 0.25) is 0 Å². The number of hydrogen-bond acceptors (Lipinski definition) is 5. The zero-order valence-corrected chi connectivity index (χ0v) is 13.8. The Kier molecular flexibility index (Phi) is 6.26. The van der Waals surface area contributed by atoms with E-state index in [2.05, 4.69) is 24.1 Å². The third-order valence-electron chi connectivity index (χ3n) is 3.76. The van der Waals surface area contributed by atoms with Gasteiger partial charge in [-0.1, -0.05) is 6.92 Å². The molecule has 5 heteroatoms. The van der Waals surface area contributed by atoms with Crippen LogP contribution in [-0.4, -0.2) is 37.8 Å². The summed E-state index contributed by atoms with van der Waals surface area (Å²) in [7, 11) is 0. The van der Waals surface area contributed by atoms with Gasteiger partial charge in [0.25, 0.3) is 0 Å². The van der Waals surface area contributed by atoms with E-state index in [1.54, 1.807) is 0 Å². The minimum absolute atomic E-state index is 0.458. The average molecular weight is 297 g/mol. The molecule has 1 heterocycles. The number of anilines is 1. The molecule has 4 nitrogen and oxygen atoms in total. The number of hydrogen-bond donors (Lipinski definition) is 1. The van der Waals surface area contributed by atoms with Gasteiger partial charge in [-0.15, -0.1) is 11.3 Å². The second-order valence-electron chi connectivity index (χ2n) is 5.08. The van der Waals surface area contributed by atoms with Gasteiger partial charge in [0, 0.05) is 24.6 Å². The van der Waals surface area contributed by atoms with E-state index in [4.69, 9.17) is 9.72 Å². The molecule has 1 atom stereocenters. The first-order chi connectivity index (χ1) is 9.80. The van der Waals surface area contributed by atoms with Crippen molar-refractivity contribution in [3.8, 4) is 0 Å². The van der Waals surface area contributed by atoms with Crippen LogP contribution in [0, 0.1) is 0 Å². The molecule has 0 saturated carbocycles. The molecule has 1 aliphatic rings. The lowest BCUT2D eigenvalue weighted by atomic mass is 9.98. The van der Waals surface area contributed by atoms with Crippen LogP contribution in [0.15, 0.2) is 0 Å². The normalized spacial score (nSPS) is 18.1. The summed E-state index contributed by atoms with van der Waals surface area (Å²) in [6.45, 7) is 10.9. The van der Waals surface area contributed by atoms with Crippen molar-refractivity contribution in [3.63, 3.8) is 0 Å². The van der Waals surface area contributed by atoms with E-state index in [0.717, 1.165) is 32.8 Å². The van der Waals surface area contributed by atoms with Gasteiger partial charge in [-0.2, -0.15) is 0 Å². The van der Waals surface area contributed by atoms with Gasteiger partial charge in [-0.25, -0.2) is 4.98 Å². The second kappa shape index (κ2) is 7.96. The number of likely N-dealkylation sites (N-methyl/N-ethyl adjacent to an activating group) is 1. The number of nitrogens with zero attached hydrogens (tertiary/aromatic N) is 2. The molecular formula is C15H27N3OS. The topological polar surface area (TPSA) is 37.4 Å². The molecule has 0 amide bonds. The quantitative estimate of drug-likeness (QED) is 0.749. The monoisotopic (exact) mass is 297 g/mol. The minimum atomic E-state index is 0.458. The fourth-order valence-electron chi connectivity index (χ4n) is 2.69. The van der Waals surface area contributed by atoms with Crippen molar-refractivity contribution < 1.29 is 4.74 Å². The lowest BCUT2D eigenvalue weighted by molar-refractivity contribution is 0.154. The number of thiazole rings is 1. The van der Waals surface area contributed by atoms with E-state index in [1.807, 2.05) is 18.3 Å². The third-order valence-corrected chi connectivity index (χ3v) is 4.95. The number of ether oxygens (including phenoxy) is 1. The summed E-state index contributed by atoms with van der Waals surface area (Å²) in [5, 5.41) is 4.73. The van der Waals surface area contributed by atoms with E-state index < -0.39 is 0 Å². The number of nitrogens with one attached hydrogen (secondary N) is 1. The summed E-state index contributed by atoms with van der Waals surface area (Å²) in [5.41, 5.74) is 1.30. The maximum atomic E-state index is 5.47. The predicted molar refractivity (Wildman–Crippen MR) is 85.8 cm³/mol. The Morgan fingerprint density at radius 3 is 2.95 bits per heavy atom. The fourth-order valence-corrected chi connectivity index (χ4v) is 3.95. The zero-order chi connectivity index (χ0) is 14.4. The van der Waals surface area contributed by atoms with Crippen molar-refractivity contribution in [1.29, 1.82) is 0 Å². The molecule has 0 aromatic carbocycles. The Morgan fingerprint density at radius 1 is 1.40 bits per heavy atom. The smallest absolute Gasteiger partial charge is 0.185 e. The van der Waals surface area contributed by atoms with E-state index in [9.17, 15) is 0 Å². The van der Waals surface area contributed by atoms with Crippen molar-refractivity contribution in [3.05, 3.63) is 10.6 Å². The molecular weight excluding hydrogens is 270 g/mol. The summed E-state index contributed by atoms with van der Waals surface area (Å²) in [4.78, 5) is 8.74. The molecule has 0 bridgehead atoms. The van der Waals surface area contributed by atoms with Crippen LogP contribution >= 0.6 is 11.3 Å². The molecule has 0 saturated heterocycles. The van der Waals surface area contributed by atoms with Crippen LogP contribution in [0.4, 0.5) is 5.13 Å². The molecule has 2 rings (SSSR count). The molecule has 114 valence electrons. The van der Waals surface area contributed by atoms with Crippen LogP contribution in [0.2, 0.25) is 0 Å². The summed E-state index contributed by atoms with van der Waals surface area (Å²) in [6, 6.07) is 0.458. The Balaban J connectivity index is 2.08. The van der Waals surface area contributed by atoms with Gasteiger partial charge in [-0.05, 0) is 39.7 Å². The molecule has 1 unspecified atom stereocenters. The molecule has 1 aliphatic carbocycles. The molecule has 1 N–H and O–H groups in total. The first-order valence-corrected chi connectivity index (χ1v) is 8.67. The summed E-state index contributed by atoms with van der Waals surface area (Å²) >= 11 is 1.87. The lowest BCUT2D eigenvalue weighted by Gasteiger charge is -2.21. The molecule has 20 heavy (non-hydrogen) atoms. The molecule has 1 aromatic rings. The number of aryl methyl sites for hydroxylation is 1. The van der Waals surface area contributed by atoms with Crippen molar-refractivity contribution in [2.75, 3.05) is 37.7 Å². The molecule has 1 aromatic heterocycles. The molecule has 0 aliphatic heterocycles. The van der Waals surface area contributed by atoms with Gasteiger partial charge in [0.1, 0.15) is 0 Å². The summed E-state index contributed by atoms with van der Waals surface area (Å²) < 4.78 is 5.47. The zero-order valence-electron chi connectivity index (χ0n) is 12.9. The maximum absolute atomic E-state index is 5.47. The van der Waals surface area contributed by atoms with Crippen LogP contribution in [0.25, 0.3) is 0 Å². The molecule has 0 spiro atoms. The highest BCUT2D eigenvalue weighted by Crippen LogP contribution is 2.36. The molecule has 0 fully saturated rings. The summed E-state index contributed by atoms with van der Waals surface area (Å²) in [5.74, 6) is 0. The van der Waals surface area contributed by atoms with E-state index in [1.165, 1.54) is 35.0 Å². The first kappa shape index (κ1) is 15.7. The Bertz CT molecular complexity index is 408. The van der Waals surface area contributed by atoms with Gasteiger partial charge in [0.05, 0.1) is 18.3 Å². The Morgan fingerprint density at radius 2 is 2.25 bits per heavy atom. The number of fused-ring (bicyclic) bond motifs is 1. The largest absolute Gasteiger partial charge is 0.380 e. The maximum Gasteiger partial charge on any atom is 0.185 e. The Hall–Kier alpha value is -0.650. The average Bonchev–Trinajstić information content (AvgIpc) is 2.89. The minimum Gasteiger partial charge on any atom is -0.380 e. The highest BCUT2D eigenvalue weighted by atomic mass is 32.1. The van der Waals surface area contributed by atoms with Crippen LogP contribution < -0.4 is 10.2 Å². The first-order valence-electron chi connectivity index (χ1n) is 7.85. The molecule has 0 radical (unpaired) electrons. The predicted octanol–water partition coefficient (Wildman–Crippen LogP) is 2.99. The van der Waals surface area contributed by atoms with Crippen molar-refractivity contribution in [2.45, 2.75) is 46.1 Å². The van der Waals surface area contributed by atoms with Crippen LogP contribution in [-0.2, 0) is 11.2 Å². The van der Waals surface area contributed by atoms with E-state index in [-0.39, 0.29) is 0 Å². The van der Waals surface area contributed by atoms with Gasteiger partial charge >= 0.3 is 0 Å². The van der Waals surface area contributed by atoms with Crippen LogP contribution in [0.3, 0.4) is 0 Å². The van der Waals surface area contributed by atoms with Crippen molar-refractivity contribution in [2.24, 2.45) is 0 Å². The van der Waals surface area contributed by atoms with Crippen molar-refractivity contribution >= 4 is 16.5 Å². The number of aromatic nitrogens is 1. The van der Waals surface area contributed by atoms with Gasteiger partial charge in [-0.3, -0.25) is 0 Å². The van der Waals surface area contributed by atoms with E-state index >= 15 is 0 Å². The Labute approximate surface area is 126 Å². The fraction of sp³-hybridized carbons (Fsp3) is 0.800. The highest BCUT2D eigenvalue weighted by molar-refractivity contribution is 7.15. The second-order valence-corrected chi connectivity index (χ2v) is 6.15. The van der Waals surface area contributed by atoms with E-state index in [0.29, 0.717) is 6.04 Å². The van der Waals surface area contributed by atoms with Gasteiger partial charge < -0.3 is 15.0 Å². The number of rotatable bonds is 8. The highest BCUT2D eigenvalue weighted by Gasteiger charge is 2.25. The summed E-state index contributed by atoms with van der Waals surface area (Å²) in [6.07, 6.45) is 3.68. The van der Waals surface area contributed by atoms with Gasteiger partial charge in [0.15, 0.2) is 5.13 Å². The SMILES string of the molecule is CCNC1CCCc2sc(N(CC)CCOCC)nc21. The standard InChI is InChI=1S/C15H27N3OS/c1-4-16-12-8-7-9-13-14(12)17-15(20-13)18(5-2)10-11-19-6-3/h12,16H,4-11H2,1-3H3.